The van der Waals surface area contributed by atoms with Crippen LogP contribution >= 0.6 is 0 Å². The van der Waals surface area contributed by atoms with E-state index in [0.717, 1.165) is 6.54 Å². The number of pyridine rings is 1. The molecule has 1 aliphatic rings. The van der Waals surface area contributed by atoms with Crippen LogP contribution in [0.3, 0.4) is 0 Å². The SMILES string of the molecule is CCNC1CCC(c2ccc(C#N)nc2)CC1. The van der Waals surface area contributed by atoms with Crippen molar-refractivity contribution in [3.8, 4) is 6.07 Å². The van der Waals surface area contributed by atoms with Gasteiger partial charge in [-0.2, -0.15) is 5.26 Å². The second kappa shape index (κ2) is 5.79. The molecule has 0 saturated heterocycles. The van der Waals surface area contributed by atoms with E-state index in [2.05, 4.69) is 29.4 Å². The van der Waals surface area contributed by atoms with E-state index in [1.54, 1.807) is 0 Å². The summed E-state index contributed by atoms with van der Waals surface area (Å²) in [5.41, 5.74) is 1.80. The van der Waals surface area contributed by atoms with Crippen molar-refractivity contribution < 1.29 is 0 Å². The normalized spacial score (nSPS) is 24.2. The molecule has 1 aliphatic carbocycles. The van der Waals surface area contributed by atoms with Crippen molar-refractivity contribution in [2.45, 2.75) is 44.6 Å². The topological polar surface area (TPSA) is 48.7 Å². The molecular formula is C14H19N3. The predicted molar refractivity (Wildman–Crippen MR) is 67.6 cm³/mol. The summed E-state index contributed by atoms with van der Waals surface area (Å²) in [6, 6.07) is 6.64. The van der Waals surface area contributed by atoms with Gasteiger partial charge in [-0.1, -0.05) is 13.0 Å². The fraction of sp³-hybridized carbons (Fsp3) is 0.571. The largest absolute Gasteiger partial charge is 0.314 e. The molecular weight excluding hydrogens is 210 g/mol. The molecule has 0 aliphatic heterocycles. The van der Waals surface area contributed by atoms with Crippen LogP contribution in [0.4, 0.5) is 0 Å². The van der Waals surface area contributed by atoms with Gasteiger partial charge in [-0.15, -0.1) is 0 Å². The molecule has 90 valence electrons. The second-order valence-electron chi connectivity index (χ2n) is 4.69. The summed E-state index contributed by atoms with van der Waals surface area (Å²) < 4.78 is 0. The summed E-state index contributed by atoms with van der Waals surface area (Å²) in [5, 5.41) is 12.2. The Hall–Kier alpha value is -1.40. The molecule has 3 nitrogen and oxygen atoms in total. The lowest BCUT2D eigenvalue weighted by atomic mass is 9.82. The Morgan fingerprint density at radius 1 is 1.35 bits per heavy atom. The molecule has 17 heavy (non-hydrogen) atoms. The first-order chi connectivity index (χ1) is 8.33. The van der Waals surface area contributed by atoms with Gasteiger partial charge in [0.1, 0.15) is 11.8 Å². The summed E-state index contributed by atoms with van der Waals surface area (Å²) in [4.78, 5) is 4.15. The monoisotopic (exact) mass is 229 g/mol. The number of hydrogen-bond acceptors (Lipinski definition) is 3. The fourth-order valence-corrected chi connectivity index (χ4v) is 2.63. The Morgan fingerprint density at radius 2 is 2.12 bits per heavy atom. The highest BCUT2D eigenvalue weighted by molar-refractivity contribution is 5.25. The first-order valence-electron chi connectivity index (χ1n) is 6.43. The predicted octanol–water partition coefficient (Wildman–Crippen LogP) is 2.59. The molecule has 1 fully saturated rings. The molecule has 3 heteroatoms. The van der Waals surface area contributed by atoms with Crippen LogP contribution in [0.5, 0.6) is 0 Å². The Labute approximate surface area is 103 Å². The van der Waals surface area contributed by atoms with Gasteiger partial charge in [-0.25, -0.2) is 4.98 Å². The fourth-order valence-electron chi connectivity index (χ4n) is 2.63. The molecule has 0 atom stereocenters. The zero-order valence-electron chi connectivity index (χ0n) is 10.3. The van der Waals surface area contributed by atoms with Crippen molar-refractivity contribution in [1.29, 1.82) is 5.26 Å². The first-order valence-corrected chi connectivity index (χ1v) is 6.43. The maximum Gasteiger partial charge on any atom is 0.140 e. The van der Waals surface area contributed by atoms with Crippen molar-refractivity contribution in [3.63, 3.8) is 0 Å². The quantitative estimate of drug-likeness (QED) is 0.866. The first kappa shape index (κ1) is 12.1. The molecule has 2 rings (SSSR count). The van der Waals surface area contributed by atoms with E-state index in [1.165, 1.54) is 31.2 Å². The minimum absolute atomic E-state index is 0.509. The van der Waals surface area contributed by atoms with Gasteiger partial charge in [0.2, 0.25) is 0 Å². The van der Waals surface area contributed by atoms with Crippen molar-refractivity contribution in [3.05, 3.63) is 29.6 Å². The van der Waals surface area contributed by atoms with Gasteiger partial charge in [0.05, 0.1) is 0 Å². The smallest absolute Gasteiger partial charge is 0.140 e. The van der Waals surface area contributed by atoms with Gasteiger partial charge in [0, 0.05) is 12.2 Å². The molecule has 1 aromatic heterocycles. The van der Waals surface area contributed by atoms with Crippen LogP contribution in [-0.4, -0.2) is 17.6 Å². The number of nitrogens with zero attached hydrogens (tertiary/aromatic N) is 2. The lowest BCUT2D eigenvalue weighted by Gasteiger charge is -2.29. The molecule has 0 spiro atoms. The van der Waals surface area contributed by atoms with E-state index in [0.29, 0.717) is 17.7 Å². The van der Waals surface area contributed by atoms with Gasteiger partial charge in [0.15, 0.2) is 0 Å². The number of nitrogens with one attached hydrogen (secondary N) is 1. The Morgan fingerprint density at radius 3 is 2.65 bits per heavy atom. The summed E-state index contributed by atoms with van der Waals surface area (Å²) in [6.45, 7) is 3.23. The Balaban J connectivity index is 1.94. The molecule has 0 aromatic carbocycles. The van der Waals surface area contributed by atoms with E-state index in [4.69, 9.17) is 5.26 Å². The summed E-state index contributed by atoms with van der Waals surface area (Å²) in [7, 11) is 0. The number of hydrogen-bond donors (Lipinski definition) is 1. The van der Waals surface area contributed by atoms with Crippen LogP contribution in [0.15, 0.2) is 18.3 Å². The van der Waals surface area contributed by atoms with E-state index in [1.807, 2.05) is 12.3 Å². The summed E-state index contributed by atoms with van der Waals surface area (Å²) >= 11 is 0. The van der Waals surface area contributed by atoms with Gasteiger partial charge in [-0.05, 0) is 49.8 Å². The molecule has 0 amide bonds. The molecule has 1 aromatic rings. The van der Waals surface area contributed by atoms with E-state index in [-0.39, 0.29) is 0 Å². The lowest BCUT2D eigenvalue weighted by molar-refractivity contribution is 0.347. The van der Waals surface area contributed by atoms with Crippen LogP contribution in [0.25, 0.3) is 0 Å². The van der Waals surface area contributed by atoms with Gasteiger partial charge in [0.25, 0.3) is 0 Å². The highest BCUT2D eigenvalue weighted by atomic mass is 14.9. The molecule has 1 heterocycles. The zero-order chi connectivity index (χ0) is 12.1. The minimum atomic E-state index is 0.509. The van der Waals surface area contributed by atoms with Crippen LogP contribution < -0.4 is 5.32 Å². The molecule has 1 N–H and O–H groups in total. The van der Waals surface area contributed by atoms with E-state index in [9.17, 15) is 0 Å². The molecule has 0 bridgehead atoms. The Kier molecular flexibility index (Phi) is 4.11. The average Bonchev–Trinajstić information content (AvgIpc) is 2.40. The highest BCUT2D eigenvalue weighted by Crippen LogP contribution is 2.32. The van der Waals surface area contributed by atoms with Crippen molar-refractivity contribution in [2.24, 2.45) is 0 Å². The standard InChI is InChI=1S/C14H19N3/c1-2-16-13-6-3-11(4-7-13)12-5-8-14(9-15)17-10-12/h5,8,10-11,13,16H,2-4,6-7H2,1H3. The Bertz CT molecular complexity index is 383. The lowest BCUT2D eigenvalue weighted by Crippen LogP contribution is -2.32. The second-order valence-corrected chi connectivity index (χ2v) is 4.69. The number of aromatic nitrogens is 1. The van der Waals surface area contributed by atoms with Crippen LogP contribution in [0, 0.1) is 11.3 Å². The number of nitriles is 1. The minimum Gasteiger partial charge on any atom is -0.314 e. The molecule has 1 saturated carbocycles. The van der Waals surface area contributed by atoms with E-state index < -0.39 is 0 Å². The molecule has 0 radical (unpaired) electrons. The highest BCUT2D eigenvalue weighted by Gasteiger charge is 2.21. The van der Waals surface area contributed by atoms with Crippen molar-refractivity contribution >= 4 is 0 Å². The third-order valence-corrected chi connectivity index (χ3v) is 3.59. The molecule has 0 unspecified atom stereocenters. The van der Waals surface area contributed by atoms with Crippen LogP contribution in [-0.2, 0) is 0 Å². The third kappa shape index (κ3) is 3.04. The maximum atomic E-state index is 8.71. The van der Waals surface area contributed by atoms with Gasteiger partial charge < -0.3 is 5.32 Å². The summed E-state index contributed by atoms with van der Waals surface area (Å²) in [5.74, 6) is 0.630. The maximum absolute atomic E-state index is 8.71. The van der Waals surface area contributed by atoms with Crippen LogP contribution in [0.2, 0.25) is 0 Å². The number of rotatable bonds is 3. The zero-order valence-corrected chi connectivity index (χ0v) is 10.3. The summed E-state index contributed by atoms with van der Waals surface area (Å²) in [6.07, 6.45) is 6.82. The third-order valence-electron chi connectivity index (χ3n) is 3.59. The van der Waals surface area contributed by atoms with Crippen LogP contribution in [0.1, 0.15) is 49.8 Å². The average molecular weight is 229 g/mol. The van der Waals surface area contributed by atoms with Gasteiger partial charge >= 0.3 is 0 Å². The van der Waals surface area contributed by atoms with E-state index >= 15 is 0 Å². The van der Waals surface area contributed by atoms with Crippen molar-refractivity contribution in [1.82, 2.24) is 10.3 Å². The van der Waals surface area contributed by atoms with Crippen molar-refractivity contribution in [2.75, 3.05) is 6.54 Å². The van der Waals surface area contributed by atoms with Gasteiger partial charge in [-0.3, -0.25) is 0 Å².